The summed E-state index contributed by atoms with van der Waals surface area (Å²) in [5.74, 6) is 2.38. The third-order valence-electron chi connectivity index (χ3n) is 5.12. The number of aromatic nitrogens is 2. The average Bonchev–Trinajstić information content (AvgIpc) is 3.00. The van der Waals surface area contributed by atoms with Crippen molar-refractivity contribution in [2.24, 2.45) is 11.8 Å². The third-order valence-corrected chi connectivity index (χ3v) is 5.12. The minimum absolute atomic E-state index is 0.349. The average molecular weight is 326 g/mol. The van der Waals surface area contributed by atoms with Crippen LogP contribution in [0.15, 0.2) is 24.3 Å². The molecule has 2 unspecified atom stereocenters. The lowest BCUT2D eigenvalue weighted by atomic mass is 10.1. The number of hydrogen-bond acceptors (Lipinski definition) is 4. The molecule has 1 aromatic carbocycles. The van der Waals surface area contributed by atoms with Crippen molar-refractivity contribution in [1.82, 2.24) is 10.2 Å². The number of hydrogen-bond donors (Lipinski definition) is 1. The fourth-order valence-corrected chi connectivity index (χ4v) is 3.72. The van der Waals surface area contributed by atoms with Crippen LogP contribution in [0.4, 0.5) is 0 Å². The SMILES string of the molecule is CCOC(=O)c1[nH]nc(-c2ccc(OC3CC4CC4C3)cc2)c1C. The minimum atomic E-state index is -0.367. The summed E-state index contributed by atoms with van der Waals surface area (Å²) in [5.41, 5.74) is 2.95. The van der Waals surface area contributed by atoms with Crippen molar-refractivity contribution in [3.05, 3.63) is 35.5 Å². The first-order valence-electron chi connectivity index (χ1n) is 8.65. The second kappa shape index (κ2) is 5.96. The first-order chi connectivity index (χ1) is 11.7. The number of carbonyl (C=O) groups is 1. The third kappa shape index (κ3) is 2.79. The molecule has 1 aromatic heterocycles. The highest BCUT2D eigenvalue weighted by Gasteiger charge is 2.46. The molecule has 126 valence electrons. The van der Waals surface area contributed by atoms with Crippen LogP contribution in [0, 0.1) is 18.8 Å². The van der Waals surface area contributed by atoms with Crippen molar-refractivity contribution in [2.45, 2.75) is 39.2 Å². The quantitative estimate of drug-likeness (QED) is 0.850. The standard InChI is InChI=1S/C19H22N2O3/c1-3-23-19(22)18-11(2)17(20-21-18)12-4-6-15(7-5-12)24-16-9-13-8-14(13)10-16/h4-7,13-14,16H,3,8-10H2,1-2H3,(H,20,21). The van der Waals surface area contributed by atoms with Gasteiger partial charge in [-0.05, 0) is 69.2 Å². The Labute approximate surface area is 141 Å². The summed E-state index contributed by atoms with van der Waals surface area (Å²) in [6.45, 7) is 4.01. The largest absolute Gasteiger partial charge is 0.490 e. The lowest BCUT2D eigenvalue weighted by molar-refractivity contribution is 0.0518. The Morgan fingerprint density at radius 3 is 2.58 bits per heavy atom. The summed E-state index contributed by atoms with van der Waals surface area (Å²) >= 11 is 0. The van der Waals surface area contributed by atoms with Gasteiger partial charge in [-0.3, -0.25) is 5.10 Å². The molecule has 5 heteroatoms. The van der Waals surface area contributed by atoms with Gasteiger partial charge in [-0.2, -0.15) is 5.10 Å². The molecule has 4 rings (SSSR count). The molecule has 5 nitrogen and oxygen atoms in total. The number of nitrogens with zero attached hydrogens (tertiary/aromatic N) is 1. The molecular weight excluding hydrogens is 304 g/mol. The van der Waals surface area contributed by atoms with Gasteiger partial charge in [0.2, 0.25) is 0 Å². The van der Waals surface area contributed by atoms with Crippen molar-refractivity contribution in [3.8, 4) is 17.0 Å². The number of benzene rings is 1. The molecule has 0 aliphatic heterocycles. The van der Waals surface area contributed by atoms with Gasteiger partial charge in [-0.15, -0.1) is 0 Å². The molecule has 2 aliphatic rings. The Hall–Kier alpha value is -2.30. The van der Waals surface area contributed by atoms with Gasteiger partial charge >= 0.3 is 5.97 Å². The van der Waals surface area contributed by atoms with Crippen molar-refractivity contribution in [1.29, 1.82) is 0 Å². The highest BCUT2D eigenvalue weighted by atomic mass is 16.5. The van der Waals surface area contributed by atoms with Gasteiger partial charge in [0, 0.05) is 11.1 Å². The molecule has 0 spiro atoms. The fraction of sp³-hybridized carbons (Fsp3) is 0.474. The van der Waals surface area contributed by atoms with Crippen LogP contribution in [0.1, 0.15) is 42.2 Å². The van der Waals surface area contributed by atoms with E-state index in [9.17, 15) is 4.79 Å². The van der Waals surface area contributed by atoms with Gasteiger partial charge in [-0.25, -0.2) is 4.79 Å². The molecule has 0 saturated heterocycles. The van der Waals surface area contributed by atoms with Gasteiger partial charge in [0.15, 0.2) is 0 Å². The molecule has 2 fully saturated rings. The second-order valence-corrected chi connectivity index (χ2v) is 6.78. The molecule has 1 heterocycles. The molecule has 2 atom stereocenters. The van der Waals surface area contributed by atoms with E-state index in [0.29, 0.717) is 18.4 Å². The summed E-state index contributed by atoms with van der Waals surface area (Å²) in [5, 5.41) is 7.06. The minimum Gasteiger partial charge on any atom is -0.490 e. The number of ether oxygens (including phenoxy) is 2. The van der Waals surface area contributed by atoms with Crippen LogP contribution in [-0.2, 0) is 4.74 Å². The number of nitrogens with one attached hydrogen (secondary N) is 1. The van der Waals surface area contributed by atoms with Gasteiger partial charge in [0.05, 0.1) is 18.4 Å². The van der Waals surface area contributed by atoms with Crippen LogP contribution in [0.25, 0.3) is 11.3 Å². The lowest BCUT2D eigenvalue weighted by Crippen LogP contribution is -2.13. The summed E-state index contributed by atoms with van der Waals surface area (Å²) in [4.78, 5) is 11.9. The van der Waals surface area contributed by atoms with Crippen LogP contribution in [0.3, 0.4) is 0 Å². The van der Waals surface area contributed by atoms with E-state index in [1.807, 2.05) is 31.2 Å². The van der Waals surface area contributed by atoms with Gasteiger partial charge < -0.3 is 9.47 Å². The van der Waals surface area contributed by atoms with E-state index in [-0.39, 0.29) is 5.97 Å². The van der Waals surface area contributed by atoms with E-state index in [0.717, 1.165) is 34.4 Å². The fourth-order valence-electron chi connectivity index (χ4n) is 3.72. The van der Waals surface area contributed by atoms with Crippen LogP contribution < -0.4 is 4.74 Å². The maximum atomic E-state index is 11.9. The molecule has 1 N–H and O–H groups in total. The number of aromatic amines is 1. The summed E-state index contributed by atoms with van der Waals surface area (Å²) in [6, 6.07) is 7.95. The predicted molar refractivity (Wildman–Crippen MR) is 90.0 cm³/mol. The van der Waals surface area contributed by atoms with Crippen LogP contribution in [0.2, 0.25) is 0 Å². The lowest BCUT2D eigenvalue weighted by Gasteiger charge is -2.15. The Morgan fingerprint density at radius 1 is 1.21 bits per heavy atom. The van der Waals surface area contributed by atoms with Crippen LogP contribution in [0.5, 0.6) is 5.75 Å². The monoisotopic (exact) mass is 326 g/mol. The second-order valence-electron chi connectivity index (χ2n) is 6.78. The maximum absolute atomic E-state index is 11.9. The highest BCUT2D eigenvalue weighted by molar-refractivity contribution is 5.91. The highest BCUT2D eigenvalue weighted by Crippen LogP contribution is 2.52. The zero-order valence-corrected chi connectivity index (χ0v) is 14.0. The summed E-state index contributed by atoms with van der Waals surface area (Å²) < 4.78 is 11.1. The molecular formula is C19H22N2O3. The Kier molecular flexibility index (Phi) is 3.79. The zero-order valence-electron chi connectivity index (χ0n) is 14.0. The van der Waals surface area contributed by atoms with E-state index in [2.05, 4.69) is 10.2 Å². The Balaban J connectivity index is 1.47. The molecule has 0 amide bonds. The van der Waals surface area contributed by atoms with Crippen molar-refractivity contribution < 1.29 is 14.3 Å². The van der Waals surface area contributed by atoms with Crippen LogP contribution >= 0.6 is 0 Å². The maximum Gasteiger partial charge on any atom is 0.356 e. The summed E-state index contributed by atoms with van der Waals surface area (Å²) in [7, 11) is 0. The molecule has 2 saturated carbocycles. The molecule has 0 bridgehead atoms. The normalized spacial score (nSPS) is 24.5. The van der Waals surface area contributed by atoms with Crippen molar-refractivity contribution in [3.63, 3.8) is 0 Å². The molecule has 0 radical (unpaired) electrons. The first-order valence-corrected chi connectivity index (χ1v) is 8.65. The van der Waals surface area contributed by atoms with Crippen molar-refractivity contribution in [2.75, 3.05) is 6.61 Å². The molecule has 2 aromatic rings. The number of rotatable bonds is 5. The predicted octanol–water partition coefficient (Wildman–Crippen LogP) is 3.74. The number of carbonyl (C=O) groups excluding carboxylic acids is 1. The van der Waals surface area contributed by atoms with Crippen LogP contribution in [-0.4, -0.2) is 28.9 Å². The topological polar surface area (TPSA) is 64.2 Å². The summed E-state index contributed by atoms with van der Waals surface area (Å²) in [6.07, 6.45) is 4.18. The smallest absolute Gasteiger partial charge is 0.356 e. The molecule has 2 aliphatic carbocycles. The van der Waals surface area contributed by atoms with E-state index in [1.54, 1.807) is 6.92 Å². The molecule has 24 heavy (non-hydrogen) atoms. The Bertz CT molecular complexity index is 740. The van der Waals surface area contributed by atoms with E-state index < -0.39 is 0 Å². The van der Waals surface area contributed by atoms with E-state index in [4.69, 9.17) is 9.47 Å². The number of H-pyrrole nitrogens is 1. The van der Waals surface area contributed by atoms with Gasteiger partial charge in [-0.1, -0.05) is 0 Å². The van der Waals surface area contributed by atoms with Gasteiger partial charge in [0.1, 0.15) is 11.4 Å². The zero-order chi connectivity index (χ0) is 16.7. The number of esters is 1. The van der Waals surface area contributed by atoms with E-state index >= 15 is 0 Å². The van der Waals surface area contributed by atoms with Crippen molar-refractivity contribution >= 4 is 5.97 Å². The first kappa shape index (κ1) is 15.2. The Morgan fingerprint density at radius 2 is 1.92 bits per heavy atom. The van der Waals surface area contributed by atoms with Gasteiger partial charge in [0.25, 0.3) is 0 Å². The van der Waals surface area contributed by atoms with E-state index in [1.165, 1.54) is 19.3 Å². The number of fused-ring (bicyclic) bond motifs is 1.